The standard InChI is InChI=1S/C17H16ClN3O5S/c1-26-15-9-14(23)11(8-13(15)18)10-19-21(6-7-22)17-12-4-2-3-5-16(12)27(24,25)20-17/h2-5,8-10,22-23H,6-7H2,1H3/b19-10-. The van der Waals surface area contributed by atoms with Gasteiger partial charge in [-0.3, -0.25) is 0 Å². The van der Waals surface area contributed by atoms with Crippen LogP contribution in [0, 0.1) is 0 Å². The molecule has 0 saturated heterocycles. The first-order chi connectivity index (χ1) is 12.9. The molecule has 142 valence electrons. The second-order valence-electron chi connectivity index (χ2n) is 5.52. The molecule has 1 aliphatic heterocycles. The second-order valence-corrected chi connectivity index (χ2v) is 7.50. The second kappa shape index (κ2) is 7.55. The van der Waals surface area contributed by atoms with Crippen molar-refractivity contribution in [3.8, 4) is 11.5 Å². The molecule has 1 heterocycles. The number of halogens is 1. The molecule has 0 saturated carbocycles. The topological polar surface area (TPSA) is 112 Å². The molecule has 0 radical (unpaired) electrons. The summed E-state index contributed by atoms with van der Waals surface area (Å²) in [6.45, 7) is -0.280. The number of hydrogen-bond donors (Lipinski definition) is 2. The van der Waals surface area contributed by atoms with Crippen LogP contribution in [-0.4, -0.2) is 56.0 Å². The Morgan fingerprint density at radius 2 is 2.07 bits per heavy atom. The van der Waals surface area contributed by atoms with Crippen LogP contribution in [0.2, 0.25) is 5.02 Å². The van der Waals surface area contributed by atoms with Crippen molar-refractivity contribution in [1.82, 2.24) is 5.01 Å². The fourth-order valence-corrected chi connectivity index (χ4v) is 3.99. The molecule has 0 aromatic heterocycles. The summed E-state index contributed by atoms with van der Waals surface area (Å²) in [5, 5.41) is 25.1. The number of phenols is 1. The van der Waals surface area contributed by atoms with E-state index in [9.17, 15) is 18.6 Å². The first-order valence-electron chi connectivity index (χ1n) is 7.80. The minimum Gasteiger partial charge on any atom is -0.507 e. The Bertz CT molecular complexity index is 1040. The van der Waals surface area contributed by atoms with Crippen molar-refractivity contribution in [3.05, 3.63) is 52.5 Å². The monoisotopic (exact) mass is 409 g/mol. The Morgan fingerprint density at radius 1 is 1.33 bits per heavy atom. The van der Waals surface area contributed by atoms with Crippen LogP contribution in [0.4, 0.5) is 0 Å². The lowest BCUT2D eigenvalue weighted by Crippen LogP contribution is -2.28. The van der Waals surface area contributed by atoms with Crippen molar-refractivity contribution in [2.24, 2.45) is 9.50 Å². The van der Waals surface area contributed by atoms with Gasteiger partial charge in [-0.2, -0.15) is 13.5 Å². The Morgan fingerprint density at radius 3 is 2.78 bits per heavy atom. The minimum atomic E-state index is -3.82. The van der Waals surface area contributed by atoms with Crippen LogP contribution in [0.1, 0.15) is 11.1 Å². The van der Waals surface area contributed by atoms with E-state index in [2.05, 4.69) is 9.50 Å². The Balaban J connectivity index is 1.99. The largest absolute Gasteiger partial charge is 0.507 e. The summed E-state index contributed by atoms with van der Waals surface area (Å²) in [5.74, 6) is 0.277. The predicted octanol–water partition coefficient (Wildman–Crippen LogP) is 1.83. The third-order valence-corrected chi connectivity index (χ3v) is 5.43. The molecule has 2 aromatic carbocycles. The van der Waals surface area contributed by atoms with E-state index in [1.165, 1.54) is 36.5 Å². The van der Waals surface area contributed by atoms with Crippen molar-refractivity contribution in [2.45, 2.75) is 4.90 Å². The molecule has 8 nitrogen and oxygen atoms in total. The van der Waals surface area contributed by atoms with Crippen LogP contribution in [0.3, 0.4) is 0 Å². The number of amidine groups is 1. The summed E-state index contributed by atoms with van der Waals surface area (Å²) in [7, 11) is -2.40. The number of hydrogen-bond acceptors (Lipinski definition) is 7. The summed E-state index contributed by atoms with van der Waals surface area (Å²) >= 11 is 6.05. The number of benzene rings is 2. The van der Waals surface area contributed by atoms with Gasteiger partial charge in [-0.05, 0) is 18.2 Å². The van der Waals surface area contributed by atoms with E-state index in [0.29, 0.717) is 16.9 Å². The maximum Gasteiger partial charge on any atom is 0.285 e. The molecular formula is C17H16ClN3O5S. The lowest BCUT2D eigenvalue weighted by Gasteiger charge is -2.17. The number of ether oxygens (including phenoxy) is 1. The molecule has 0 fully saturated rings. The smallest absolute Gasteiger partial charge is 0.285 e. The highest BCUT2D eigenvalue weighted by Gasteiger charge is 2.31. The van der Waals surface area contributed by atoms with Gasteiger partial charge in [-0.25, -0.2) is 5.01 Å². The first kappa shape index (κ1) is 19.2. The average Bonchev–Trinajstić information content (AvgIpc) is 2.92. The van der Waals surface area contributed by atoms with Crippen LogP contribution >= 0.6 is 11.6 Å². The number of fused-ring (bicyclic) bond motifs is 1. The van der Waals surface area contributed by atoms with Gasteiger partial charge < -0.3 is 14.9 Å². The number of aliphatic hydroxyl groups is 1. The minimum absolute atomic E-state index is 0.00381. The van der Waals surface area contributed by atoms with E-state index >= 15 is 0 Å². The summed E-state index contributed by atoms with van der Waals surface area (Å²) in [5.41, 5.74) is 0.679. The molecule has 10 heteroatoms. The fraction of sp³-hybridized carbons (Fsp3) is 0.176. The molecule has 0 aliphatic carbocycles. The summed E-state index contributed by atoms with van der Waals surface area (Å²) in [6.07, 6.45) is 1.30. The molecule has 2 aromatic rings. The molecule has 0 amide bonds. The number of nitrogens with zero attached hydrogens (tertiary/aromatic N) is 3. The zero-order chi connectivity index (χ0) is 19.6. The molecule has 0 atom stereocenters. The Kier molecular flexibility index (Phi) is 5.36. The van der Waals surface area contributed by atoms with Gasteiger partial charge in [0.05, 0.1) is 31.5 Å². The maximum absolute atomic E-state index is 12.2. The predicted molar refractivity (Wildman–Crippen MR) is 101 cm³/mol. The van der Waals surface area contributed by atoms with E-state index in [-0.39, 0.29) is 34.7 Å². The molecule has 2 N–H and O–H groups in total. The molecule has 0 spiro atoms. The van der Waals surface area contributed by atoms with Crippen LogP contribution in [-0.2, 0) is 10.0 Å². The molecule has 3 rings (SSSR count). The summed E-state index contributed by atoms with van der Waals surface area (Å²) in [6, 6.07) is 9.15. The summed E-state index contributed by atoms with van der Waals surface area (Å²) in [4.78, 5) is 0.0773. The van der Waals surface area contributed by atoms with E-state index in [0.717, 1.165) is 0 Å². The zero-order valence-corrected chi connectivity index (χ0v) is 15.8. The SMILES string of the molecule is COc1cc(O)c(/C=N\N(CCO)C2=NS(=O)(=O)c3ccccc32)cc1Cl. The number of phenolic OH excluding ortho intramolecular Hbond substituents is 1. The number of rotatable bonds is 5. The highest BCUT2D eigenvalue weighted by Crippen LogP contribution is 2.31. The van der Waals surface area contributed by atoms with Crippen LogP contribution < -0.4 is 4.74 Å². The van der Waals surface area contributed by atoms with Gasteiger partial charge in [0.1, 0.15) is 16.4 Å². The van der Waals surface area contributed by atoms with Crippen LogP contribution in [0.25, 0.3) is 0 Å². The molecule has 0 unspecified atom stereocenters. The number of sulfonamides is 1. The first-order valence-corrected chi connectivity index (χ1v) is 9.62. The summed E-state index contributed by atoms with van der Waals surface area (Å²) < 4.78 is 33.2. The van der Waals surface area contributed by atoms with E-state index in [1.54, 1.807) is 18.2 Å². The van der Waals surface area contributed by atoms with Gasteiger partial charge in [0.15, 0.2) is 5.84 Å². The lowest BCUT2D eigenvalue weighted by atomic mass is 10.2. The highest BCUT2D eigenvalue weighted by atomic mass is 35.5. The fourth-order valence-electron chi connectivity index (χ4n) is 2.54. The van der Waals surface area contributed by atoms with Crippen LogP contribution in [0.15, 0.2) is 50.8 Å². The van der Waals surface area contributed by atoms with Gasteiger partial charge in [0, 0.05) is 17.2 Å². The van der Waals surface area contributed by atoms with E-state index in [4.69, 9.17) is 16.3 Å². The maximum atomic E-state index is 12.2. The van der Waals surface area contributed by atoms with Crippen molar-refractivity contribution in [1.29, 1.82) is 0 Å². The quantitative estimate of drug-likeness (QED) is 0.575. The van der Waals surface area contributed by atoms with E-state index in [1.807, 2.05) is 0 Å². The number of aromatic hydroxyl groups is 1. The van der Waals surface area contributed by atoms with Crippen molar-refractivity contribution >= 4 is 33.7 Å². The highest BCUT2D eigenvalue weighted by molar-refractivity contribution is 7.90. The van der Waals surface area contributed by atoms with Gasteiger partial charge in [-0.1, -0.05) is 23.7 Å². The number of methoxy groups -OCH3 is 1. The third-order valence-electron chi connectivity index (χ3n) is 3.81. The molecule has 27 heavy (non-hydrogen) atoms. The third kappa shape index (κ3) is 3.75. The Hall–Kier alpha value is -2.62. The lowest BCUT2D eigenvalue weighted by molar-refractivity contribution is 0.254. The number of hydrazone groups is 1. The Labute approximate surface area is 161 Å². The molecular weight excluding hydrogens is 394 g/mol. The number of aliphatic hydroxyl groups excluding tert-OH is 1. The van der Waals surface area contributed by atoms with E-state index < -0.39 is 10.0 Å². The van der Waals surface area contributed by atoms with Crippen LogP contribution in [0.5, 0.6) is 11.5 Å². The zero-order valence-electron chi connectivity index (χ0n) is 14.2. The van der Waals surface area contributed by atoms with Gasteiger partial charge in [-0.15, -0.1) is 4.40 Å². The van der Waals surface area contributed by atoms with Crippen molar-refractivity contribution in [2.75, 3.05) is 20.3 Å². The normalized spacial score (nSPS) is 14.9. The average molecular weight is 410 g/mol. The van der Waals surface area contributed by atoms with Gasteiger partial charge in [0.2, 0.25) is 0 Å². The van der Waals surface area contributed by atoms with Gasteiger partial charge >= 0.3 is 0 Å². The van der Waals surface area contributed by atoms with Gasteiger partial charge in [0.25, 0.3) is 10.0 Å². The molecule has 1 aliphatic rings. The molecule has 0 bridgehead atoms. The van der Waals surface area contributed by atoms with Crippen molar-refractivity contribution in [3.63, 3.8) is 0 Å². The van der Waals surface area contributed by atoms with Crippen molar-refractivity contribution < 1.29 is 23.4 Å².